The van der Waals surface area contributed by atoms with Crippen molar-refractivity contribution in [2.75, 3.05) is 14.2 Å². The van der Waals surface area contributed by atoms with Gasteiger partial charge in [-0.25, -0.2) is 0 Å². The Balaban J connectivity index is 1.79. The van der Waals surface area contributed by atoms with Gasteiger partial charge in [-0.3, -0.25) is 4.79 Å². The van der Waals surface area contributed by atoms with Gasteiger partial charge in [0.2, 0.25) is 0 Å². The number of hydrogen-bond acceptors (Lipinski definition) is 3. The molecule has 0 saturated heterocycles. The number of ketones is 1. The lowest BCUT2D eigenvalue weighted by molar-refractivity contribution is 0.104. The van der Waals surface area contributed by atoms with Gasteiger partial charge in [0.25, 0.3) is 0 Å². The summed E-state index contributed by atoms with van der Waals surface area (Å²) in [6.45, 7) is 0.456. The molecule has 0 radical (unpaired) electrons. The molecule has 132 valence electrons. The molecule has 1 heterocycles. The second-order valence-electron chi connectivity index (χ2n) is 5.84. The molecule has 0 aliphatic heterocycles. The third kappa shape index (κ3) is 4.10. The van der Waals surface area contributed by atoms with E-state index < -0.39 is 0 Å². The van der Waals surface area contributed by atoms with E-state index in [-0.39, 0.29) is 5.78 Å². The van der Waals surface area contributed by atoms with Crippen LogP contribution in [-0.2, 0) is 11.3 Å². The summed E-state index contributed by atoms with van der Waals surface area (Å²) < 4.78 is 12.5. The highest BCUT2D eigenvalue weighted by atomic mass is 16.5. The molecule has 0 amide bonds. The van der Waals surface area contributed by atoms with Crippen molar-refractivity contribution in [3.8, 4) is 11.4 Å². The number of carbonyl (C=O) groups is 1. The average Bonchev–Trinajstić information content (AvgIpc) is 3.21. The van der Waals surface area contributed by atoms with Crippen LogP contribution in [0.15, 0.2) is 73.1 Å². The van der Waals surface area contributed by atoms with E-state index in [0.29, 0.717) is 12.2 Å². The fraction of sp³-hybridized carbons (Fsp3) is 0.136. The first-order valence-corrected chi connectivity index (χ1v) is 8.33. The van der Waals surface area contributed by atoms with Crippen molar-refractivity contribution in [1.82, 2.24) is 4.57 Å². The van der Waals surface area contributed by atoms with Gasteiger partial charge >= 0.3 is 0 Å². The summed E-state index contributed by atoms with van der Waals surface area (Å²) in [7, 11) is 3.27. The van der Waals surface area contributed by atoms with Gasteiger partial charge < -0.3 is 14.0 Å². The van der Waals surface area contributed by atoms with Crippen LogP contribution >= 0.6 is 0 Å². The Morgan fingerprint density at radius 3 is 2.58 bits per heavy atom. The lowest BCUT2D eigenvalue weighted by atomic mass is 10.1. The summed E-state index contributed by atoms with van der Waals surface area (Å²) in [5.41, 5.74) is 3.48. The standard InChI is InChI=1S/C22H21NO3/c1-25-16-19-14-17(9-11-22(19)26-2)8-10-21(24)18-6-5-7-20(15-18)23-12-3-4-13-23/h3-15H,16H2,1-2H3/b10-8+. The van der Waals surface area contributed by atoms with Crippen LogP contribution in [0.5, 0.6) is 5.75 Å². The third-order valence-electron chi connectivity index (χ3n) is 4.06. The van der Waals surface area contributed by atoms with E-state index in [1.165, 1.54) is 0 Å². The van der Waals surface area contributed by atoms with Crippen LogP contribution in [0.3, 0.4) is 0 Å². The number of nitrogens with zero attached hydrogens (tertiary/aromatic N) is 1. The quantitative estimate of drug-likeness (QED) is 0.466. The molecule has 4 nitrogen and oxygen atoms in total. The zero-order valence-electron chi connectivity index (χ0n) is 14.9. The summed E-state index contributed by atoms with van der Waals surface area (Å²) in [5.74, 6) is 0.734. The van der Waals surface area contributed by atoms with Gasteiger partial charge in [0.15, 0.2) is 5.78 Å². The molecule has 3 rings (SSSR count). The topological polar surface area (TPSA) is 40.5 Å². The van der Waals surface area contributed by atoms with Crippen molar-refractivity contribution in [2.45, 2.75) is 6.61 Å². The zero-order chi connectivity index (χ0) is 18.4. The molecule has 0 bridgehead atoms. The van der Waals surface area contributed by atoms with Crippen LogP contribution in [0, 0.1) is 0 Å². The number of methoxy groups -OCH3 is 2. The first kappa shape index (κ1) is 17.7. The Kier molecular flexibility index (Phi) is 5.66. The van der Waals surface area contributed by atoms with E-state index in [2.05, 4.69) is 0 Å². The van der Waals surface area contributed by atoms with Crippen molar-refractivity contribution in [3.05, 3.63) is 89.8 Å². The highest BCUT2D eigenvalue weighted by molar-refractivity contribution is 6.07. The molecule has 26 heavy (non-hydrogen) atoms. The molecule has 3 aromatic rings. The molecular weight excluding hydrogens is 326 g/mol. The molecule has 1 aromatic heterocycles. The number of ether oxygens (including phenoxy) is 2. The van der Waals surface area contributed by atoms with Crippen LogP contribution in [0.1, 0.15) is 21.5 Å². The fourth-order valence-electron chi connectivity index (χ4n) is 2.77. The first-order valence-electron chi connectivity index (χ1n) is 8.33. The van der Waals surface area contributed by atoms with Crippen molar-refractivity contribution < 1.29 is 14.3 Å². The second-order valence-corrected chi connectivity index (χ2v) is 5.84. The van der Waals surface area contributed by atoms with Crippen LogP contribution < -0.4 is 4.74 Å². The minimum absolute atomic E-state index is 0.0388. The van der Waals surface area contributed by atoms with E-state index in [1.807, 2.05) is 77.6 Å². The third-order valence-corrected chi connectivity index (χ3v) is 4.06. The molecule has 0 atom stereocenters. The number of allylic oxidation sites excluding steroid dienone is 1. The largest absolute Gasteiger partial charge is 0.496 e. The predicted molar refractivity (Wildman–Crippen MR) is 103 cm³/mol. The fourth-order valence-corrected chi connectivity index (χ4v) is 2.77. The second kappa shape index (κ2) is 8.32. The Bertz CT molecular complexity index is 911. The van der Waals surface area contributed by atoms with E-state index in [0.717, 1.165) is 22.6 Å². The smallest absolute Gasteiger partial charge is 0.185 e. The van der Waals surface area contributed by atoms with Crippen molar-refractivity contribution in [1.29, 1.82) is 0 Å². The number of hydrogen-bond donors (Lipinski definition) is 0. The minimum Gasteiger partial charge on any atom is -0.496 e. The molecule has 0 spiro atoms. The molecule has 0 fully saturated rings. The van der Waals surface area contributed by atoms with Crippen LogP contribution in [0.2, 0.25) is 0 Å². The molecule has 0 N–H and O–H groups in total. The maximum atomic E-state index is 12.5. The Morgan fingerprint density at radius 2 is 1.85 bits per heavy atom. The Hall–Kier alpha value is -3.11. The van der Waals surface area contributed by atoms with Crippen molar-refractivity contribution in [3.63, 3.8) is 0 Å². The summed E-state index contributed by atoms with van der Waals surface area (Å²) >= 11 is 0. The predicted octanol–water partition coefficient (Wildman–Crippen LogP) is 4.53. The average molecular weight is 347 g/mol. The zero-order valence-corrected chi connectivity index (χ0v) is 14.9. The van der Waals surface area contributed by atoms with Crippen LogP contribution in [0.25, 0.3) is 11.8 Å². The van der Waals surface area contributed by atoms with Gasteiger partial charge in [0.05, 0.1) is 13.7 Å². The summed E-state index contributed by atoms with van der Waals surface area (Å²) in [6, 6.07) is 17.2. The van der Waals surface area contributed by atoms with Crippen LogP contribution in [-0.4, -0.2) is 24.6 Å². The normalized spacial score (nSPS) is 11.0. The maximum absolute atomic E-state index is 12.5. The SMILES string of the molecule is COCc1cc(/C=C/C(=O)c2cccc(-n3cccc3)c2)ccc1OC. The van der Waals surface area contributed by atoms with Gasteiger partial charge in [-0.2, -0.15) is 0 Å². The number of rotatable bonds is 7. The van der Waals surface area contributed by atoms with Gasteiger partial charge in [0, 0.05) is 36.3 Å². The Morgan fingerprint density at radius 1 is 1.04 bits per heavy atom. The molecule has 4 heteroatoms. The Labute approximate surface area is 153 Å². The van der Waals surface area contributed by atoms with Crippen molar-refractivity contribution >= 4 is 11.9 Å². The van der Waals surface area contributed by atoms with E-state index in [9.17, 15) is 4.79 Å². The van der Waals surface area contributed by atoms with Crippen molar-refractivity contribution in [2.24, 2.45) is 0 Å². The van der Waals surface area contributed by atoms with Gasteiger partial charge in [0.1, 0.15) is 5.75 Å². The number of benzene rings is 2. The maximum Gasteiger partial charge on any atom is 0.185 e. The lowest BCUT2D eigenvalue weighted by Crippen LogP contribution is -1.97. The van der Waals surface area contributed by atoms with E-state index >= 15 is 0 Å². The number of aromatic nitrogens is 1. The van der Waals surface area contributed by atoms with Gasteiger partial charge in [-0.1, -0.05) is 24.3 Å². The van der Waals surface area contributed by atoms with Crippen LogP contribution in [0.4, 0.5) is 0 Å². The monoisotopic (exact) mass is 347 g/mol. The molecule has 0 aliphatic carbocycles. The molecule has 0 aliphatic rings. The molecule has 2 aromatic carbocycles. The minimum atomic E-state index is -0.0388. The highest BCUT2D eigenvalue weighted by Gasteiger charge is 2.06. The van der Waals surface area contributed by atoms with Gasteiger partial charge in [-0.15, -0.1) is 0 Å². The molecular formula is C22H21NO3. The molecule has 0 unspecified atom stereocenters. The summed E-state index contributed by atoms with van der Waals surface area (Å²) in [5, 5.41) is 0. The highest BCUT2D eigenvalue weighted by Crippen LogP contribution is 2.21. The summed E-state index contributed by atoms with van der Waals surface area (Å²) in [4.78, 5) is 12.5. The van der Waals surface area contributed by atoms with E-state index in [1.54, 1.807) is 20.3 Å². The van der Waals surface area contributed by atoms with E-state index in [4.69, 9.17) is 9.47 Å². The van der Waals surface area contributed by atoms with Gasteiger partial charge in [-0.05, 0) is 48.0 Å². The summed E-state index contributed by atoms with van der Waals surface area (Å²) in [6.07, 6.45) is 7.30. The lowest BCUT2D eigenvalue weighted by Gasteiger charge is -2.08. The first-order chi connectivity index (χ1) is 12.7. The number of carbonyl (C=O) groups excluding carboxylic acids is 1. The molecule has 0 saturated carbocycles.